The molecule has 0 aromatic rings. The molecule has 10 atom stereocenters. The number of aliphatic carboxylic acids is 1. The number of hydrogen-bond acceptors (Lipinski definition) is 5. The van der Waals surface area contributed by atoms with Gasteiger partial charge in [0.1, 0.15) is 12.2 Å². The Bertz CT molecular complexity index is 997. The van der Waals surface area contributed by atoms with Crippen molar-refractivity contribution in [3.63, 3.8) is 0 Å². The molecule has 4 rings (SSSR count). The first-order chi connectivity index (χ1) is 18.4. The van der Waals surface area contributed by atoms with Crippen LogP contribution in [0.15, 0.2) is 0 Å². The maximum atomic E-state index is 13.4. The smallest absolute Gasteiger partial charge is 0.481 e. The molecule has 12 heteroatoms. The van der Waals surface area contributed by atoms with Gasteiger partial charge >= 0.3 is 30.3 Å². The minimum atomic E-state index is -5.16. The molecule has 0 saturated heterocycles. The lowest BCUT2D eigenvalue weighted by Crippen LogP contribution is -2.60. The highest BCUT2D eigenvalue weighted by Gasteiger charge is 2.66. The Morgan fingerprint density at radius 2 is 1.50 bits per heavy atom. The lowest BCUT2D eigenvalue weighted by Gasteiger charge is -2.62. The molecule has 0 heterocycles. The Kier molecular flexibility index (Phi) is 8.26. The van der Waals surface area contributed by atoms with Crippen molar-refractivity contribution in [1.82, 2.24) is 0 Å². The van der Waals surface area contributed by atoms with Gasteiger partial charge < -0.3 is 14.6 Å². The van der Waals surface area contributed by atoms with E-state index in [9.17, 15) is 45.8 Å². The molecule has 4 fully saturated rings. The summed E-state index contributed by atoms with van der Waals surface area (Å²) in [6.07, 6.45) is -7.82. The molecule has 0 unspecified atom stereocenters. The first kappa shape index (κ1) is 30.9. The Morgan fingerprint density at radius 3 is 2.10 bits per heavy atom. The average Bonchev–Trinajstić information content (AvgIpc) is 3.20. The van der Waals surface area contributed by atoms with Gasteiger partial charge in [-0.1, -0.05) is 20.8 Å². The number of alkyl halides is 6. The Labute approximate surface area is 229 Å². The molecule has 1 N–H and O–H groups in total. The lowest BCUT2D eigenvalue weighted by atomic mass is 9.43. The number of ether oxygens (including phenoxy) is 2. The van der Waals surface area contributed by atoms with Gasteiger partial charge in [-0.05, 0) is 98.7 Å². The topological polar surface area (TPSA) is 89.9 Å². The fourth-order valence-corrected chi connectivity index (χ4v) is 9.37. The molecular weight excluding hydrogens is 546 g/mol. The van der Waals surface area contributed by atoms with Crippen LogP contribution in [0.5, 0.6) is 0 Å². The van der Waals surface area contributed by atoms with Gasteiger partial charge in [0, 0.05) is 11.8 Å². The third kappa shape index (κ3) is 5.56. The maximum Gasteiger partial charge on any atom is 0.490 e. The molecule has 0 spiro atoms. The summed E-state index contributed by atoms with van der Waals surface area (Å²) in [7, 11) is 0. The summed E-state index contributed by atoms with van der Waals surface area (Å²) in [5, 5.41) is 9.18. The number of halogens is 6. The van der Waals surface area contributed by atoms with Crippen molar-refractivity contribution in [2.45, 2.75) is 110 Å². The molecular formula is C28H38F6O6. The van der Waals surface area contributed by atoms with Gasteiger partial charge in [-0.25, -0.2) is 9.59 Å². The first-order valence-electron chi connectivity index (χ1n) is 14.2. The third-order valence-electron chi connectivity index (χ3n) is 11.2. The van der Waals surface area contributed by atoms with E-state index in [4.69, 9.17) is 9.47 Å². The van der Waals surface area contributed by atoms with Crippen LogP contribution in [0.1, 0.15) is 85.0 Å². The number of carbonyl (C=O) groups is 3. The van der Waals surface area contributed by atoms with Gasteiger partial charge in [-0.3, -0.25) is 4.79 Å². The summed E-state index contributed by atoms with van der Waals surface area (Å²) in [5.74, 6) is -5.70. The Morgan fingerprint density at radius 1 is 0.875 bits per heavy atom. The number of carboxylic acids is 1. The van der Waals surface area contributed by atoms with Crippen LogP contribution in [0.2, 0.25) is 0 Å². The second-order valence-electron chi connectivity index (χ2n) is 13.0. The van der Waals surface area contributed by atoms with Crippen LogP contribution in [0, 0.1) is 46.3 Å². The summed E-state index contributed by atoms with van der Waals surface area (Å²) in [6.45, 7) is 5.85. The number of esters is 2. The fraction of sp³-hybridized carbons (Fsp3) is 0.893. The van der Waals surface area contributed by atoms with Gasteiger partial charge in [0.2, 0.25) is 0 Å². The van der Waals surface area contributed by atoms with Gasteiger partial charge in [0.25, 0.3) is 0 Å². The molecule has 0 aromatic carbocycles. The largest absolute Gasteiger partial charge is 0.490 e. The minimum absolute atomic E-state index is 0.0342. The van der Waals surface area contributed by atoms with Gasteiger partial charge in [-0.15, -0.1) is 0 Å². The number of rotatable bonds is 6. The van der Waals surface area contributed by atoms with Crippen molar-refractivity contribution in [2.75, 3.05) is 0 Å². The zero-order valence-corrected chi connectivity index (χ0v) is 22.9. The Balaban J connectivity index is 1.61. The molecule has 0 aliphatic heterocycles. The predicted molar refractivity (Wildman–Crippen MR) is 129 cm³/mol. The SMILES string of the molecule is C[C@H](CCC(=O)O)[C@H]1CC[C@H]2[C@@H]3CC[C@@H]4C[C@H](OC(=O)C(F)(F)F)CC[C@]4(C)[C@H]3C[C@H](OC(=O)C(F)(F)F)[C@]12C. The van der Waals surface area contributed by atoms with Crippen LogP contribution < -0.4 is 0 Å². The van der Waals surface area contributed by atoms with Crippen LogP contribution in [0.25, 0.3) is 0 Å². The van der Waals surface area contributed by atoms with Gasteiger partial charge in [0.15, 0.2) is 0 Å². The molecule has 0 bridgehead atoms. The second kappa shape index (κ2) is 10.7. The van der Waals surface area contributed by atoms with Crippen LogP contribution >= 0.6 is 0 Å². The normalized spacial score (nSPS) is 40.3. The van der Waals surface area contributed by atoms with Crippen molar-refractivity contribution >= 4 is 17.9 Å². The molecule has 4 saturated carbocycles. The molecule has 40 heavy (non-hydrogen) atoms. The molecule has 0 aromatic heterocycles. The summed E-state index contributed by atoms with van der Waals surface area (Å²) >= 11 is 0. The predicted octanol–water partition coefficient (Wildman–Crippen LogP) is 6.70. The summed E-state index contributed by atoms with van der Waals surface area (Å²) in [4.78, 5) is 34.8. The van der Waals surface area contributed by atoms with Crippen molar-refractivity contribution in [2.24, 2.45) is 46.3 Å². The van der Waals surface area contributed by atoms with Crippen molar-refractivity contribution in [3.05, 3.63) is 0 Å². The summed E-state index contributed by atoms with van der Waals surface area (Å²) < 4.78 is 88.5. The standard InChI is InChI=1S/C28H38F6O6/c1-14(4-9-22(35)36)18-7-8-19-17-6-5-15-12-16(39-23(37)27(29,30)31)10-11-25(15,2)20(17)13-21(26(18,19)3)40-24(38)28(32,33)34/h14-21H,4-13H2,1-3H3,(H,35,36)/t14-,15-,16-,17+,18-,19+,20+,21+,25+,26-/m1/s1. The molecule has 4 aliphatic rings. The van der Waals surface area contributed by atoms with E-state index in [1.807, 2.05) is 20.8 Å². The zero-order valence-electron chi connectivity index (χ0n) is 22.9. The highest BCUT2D eigenvalue weighted by molar-refractivity contribution is 5.76. The van der Waals surface area contributed by atoms with E-state index < -0.39 is 53.3 Å². The number of carbonyl (C=O) groups excluding carboxylic acids is 2. The van der Waals surface area contributed by atoms with Crippen molar-refractivity contribution in [3.8, 4) is 0 Å². The third-order valence-corrected chi connectivity index (χ3v) is 11.2. The highest BCUT2D eigenvalue weighted by atomic mass is 19.4. The molecule has 0 radical (unpaired) electrons. The zero-order chi connectivity index (χ0) is 29.8. The van der Waals surface area contributed by atoms with Crippen molar-refractivity contribution < 1.29 is 55.3 Å². The van der Waals surface area contributed by atoms with E-state index >= 15 is 0 Å². The number of hydrogen-bond donors (Lipinski definition) is 1. The summed E-state index contributed by atoms with van der Waals surface area (Å²) in [5.41, 5.74) is -1.18. The minimum Gasteiger partial charge on any atom is -0.481 e. The van der Waals surface area contributed by atoms with Gasteiger partial charge in [0.05, 0.1) is 0 Å². The molecule has 228 valence electrons. The van der Waals surface area contributed by atoms with E-state index in [0.717, 1.165) is 12.8 Å². The van der Waals surface area contributed by atoms with Crippen LogP contribution in [0.4, 0.5) is 26.3 Å². The van der Waals surface area contributed by atoms with Crippen LogP contribution in [-0.2, 0) is 23.9 Å². The van der Waals surface area contributed by atoms with E-state index in [1.54, 1.807) is 0 Å². The fourth-order valence-electron chi connectivity index (χ4n) is 9.37. The summed E-state index contributed by atoms with van der Waals surface area (Å²) in [6, 6.07) is 0. The average molecular weight is 585 g/mol. The van der Waals surface area contributed by atoms with Crippen LogP contribution in [-0.4, -0.2) is 47.6 Å². The molecule has 0 amide bonds. The van der Waals surface area contributed by atoms with E-state index in [0.29, 0.717) is 25.7 Å². The second-order valence-corrected chi connectivity index (χ2v) is 13.0. The van der Waals surface area contributed by atoms with E-state index in [1.165, 1.54) is 0 Å². The first-order valence-corrected chi connectivity index (χ1v) is 14.2. The number of fused-ring (bicyclic) bond motifs is 5. The lowest BCUT2D eigenvalue weighted by molar-refractivity contribution is -0.231. The van der Waals surface area contributed by atoms with Crippen LogP contribution in [0.3, 0.4) is 0 Å². The van der Waals surface area contributed by atoms with Crippen molar-refractivity contribution in [1.29, 1.82) is 0 Å². The Hall–Kier alpha value is -2.01. The molecule has 6 nitrogen and oxygen atoms in total. The highest BCUT2D eigenvalue weighted by Crippen LogP contribution is 2.69. The maximum absolute atomic E-state index is 13.4. The number of carboxylic acid groups (broad SMARTS) is 1. The quantitative estimate of drug-likeness (QED) is 0.276. The van der Waals surface area contributed by atoms with Gasteiger partial charge in [-0.2, -0.15) is 26.3 Å². The molecule has 4 aliphatic carbocycles. The monoisotopic (exact) mass is 584 g/mol. The van der Waals surface area contributed by atoms with E-state index in [-0.39, 0.29) is 61.2 Å². The van der Waals surface area contributed by atoms with E-state index in [2.05, 4.69) is 0 Å².